The van der Waals surface area contributed by atoms with Crippen LogP contribution in [-0.4, -0.2) is 44.2 Å². The molecule has 0 radical (unpaired) electrons. The first-order valence-corrected chi connectivity index (χ1v) is 4.88. The van der Waals surface area contributed by atoms with Gasteiger partial charge in [0.05, 0.1) is 13.0 Å². The van der Waals surface area contributed by atoms with Gasteiger partial charge in [-0.25, -0.2) is 14.6 Å². The van der Waals surface area contributed by atoms with Crippen molar-refractivity contribution >= 4 is 17.9 Å². The number of H-pyrrole nitrogens is 1. The van der Waals surface area contributed by atoms with Crippen molar-refractivity contribution < 1.29 is 19.5 Å². The van der Waals surface area contributed by atoms with Crippen molar-refractivity contribution in [1.29, 1.82) is 0 Å². The molecule has 0 aliphatic rings. The summed E-state index contributed by atoms with van der Waals surface area (Å²) in [6, 6.07) is -2.11. The van der Waals surface area contributed by atoms with Gasteiger partial charge in [0, 0.05) is 0 Å². The fourth-order valence-corrected chi connectivity index (χ4v) is 1.09. The zero-order valence-electron chi connectivity index (χ0n) is 9.21. The molecule has 98 valence electrons. The number of carbonyl (C=O) groups is 3. The van der Waals surface area contributed by atoms with Gasteiger partial charge in [0.25, 0.3) is 0 Å². The van der Waals surface area contributed by atoms with Gasteiger partial charge in [-0.05, 0) is 0 Å². The maximum atomic E-state index is 11.3. The average Bonchev–Trinajstić information content (AvgIpc) is 2.77. The predicted molar refractivity (Wildman–Crippen MR) is 57.0 cm³/mol. The average molecular weight is 256 g/mol. The summed E-state index contributed by atoms with van der Waals surface area (Å²) in [4.78, 5) is 36.4. The second-order valence-corrected chi connectivity index (χ2v) is 3.32. The molecule has 10 heteroatoms. The number of aromatic amines is 1. The monoisotopic (exact) mass is 256 g/mol. The SMILES string of the molecule is NC(=O)C[C@H](NC(=O)NCc1ncn[nH]1)C(=O)O. The third kappa shape index (κ3) is 4.47. The van der Waals surface area contributed by atoms with Crippen LogP contribution in [0, 0.1) is 0 Å². The molecule has 0 unspecified atom stereocenters. The van der Waals surface area contributed by atoms with Gasteiger partial charge in [0.2, 0.25) is 5.91 Å². The van der Waals surface area contributed by atoms with E-state index in [1.165, 1.54) is 6.33 Å². The van der Waals surface area contributed by atoms with Crippen molar-refractivity contribution in [2.45, 2.75) is 19.0 Å². The van der Waals surface area contributed by atoms with Crippen LogP contribution >= 0.6 is 0 Å². The van der Waals surface area contributed by atoms with E-state index in [-0.39, 0.29) is 6.54 Å². The van der Waals surface area contributed by atoms with Gasteiger partial charge in [-0.1, -0.05) is 0 Å². The number of carbonyl (C=O) groups excluding carboxylic acids is 2. The minimum atomic E-state index is -1.36. The zero-order chi connectivity index (χ0) is 13.5. The second-order valence-electron chi connectivity index (χ2n) is 3.32. The molecule has 0 spiro atoms. The fraction of sp³-hybridized carbons (Fsp3) is 0.375. The zero-order valence-corrected chi connectivity index (χ0v) is 9.21. The number of primary amides is 1. The lowest BCUT2D eigenvalue weighted by Gasteiger charge is -2.12. The van der Waals surface area contributed by atoms with E-state index in [4.69, 9.17) is 10.8 Å². The summed E-state index contributed by atoms with van der Waals surface area (Å²) in [5.74, 6) is -1.76. The number of carboxylic acid groups (broad SMARTS) is 1. The largest absolute Gasteiger partial charge is 0.480 e. The van der Waals surface area contributed by atoms with E-state index < -0.39 is 30.4 Å². The molecule has 6 N–H and O–H groups in total. The summed E-state index contributed by atoms with van der Waals surface area (Å²) in [5, 5.41) is 19.3. The smallest absolute Gasteiger partial charge is 0.326 e. The van der Waals surface area contributed by atoms with Crippen LogP contribution in [0.25, 0.3) is 0 Å². The highest BCUT2D eigenvalue weighted by molar-refractivity contribution is 5.87. The molecule has 0 saturated heterocycles. The topological polar surface area (TPSA) is 163 Å². The van der Waals surface area contributed by atoms with Crippen LogP contribution in [0.5, 0.6) is 0 Å². The summed E-state index contributed by atoms with van der Waals surface area (Å²) < 4.78 is 0. The number of hydrogen-bond donors (Lipinski definition) is 5. The summed E-state index contributed by atoms with van der Waals surface area (Å²) in [6.07, 6.45) is 0.785. The van der Waals surface area contributed by atoms with Crippen molar-refractivity contribution in [1.82, 2.24) is 25.8 Å². The summed E-state index contributed by atoms with van der Waals surface area (Å²) >= 11 is 0. The predicted octanol–water partition coefficient (Wildman–Crippen LogP) is -2.07. The number of urea groups is 1. The molecule has 0 aliphatic heterocycles. The van der Waals surface area contributed by atoms with E-state index in [0.29, 0.717) is 5.82 Å². The second kappa shape index (κ2) is 6.18. The lowest BCUT2D eigenvalue weighted by atomic mass is 10.2. The number of rotatable bonds is 6. The number of nitrogens with zero attached hydrogens (tertiary/aromatic N) is 2. The highest BCUT2D eigenvalue weighted by atomic mass is 16.4. The number of nitrogens with one attached hydrogen (secondary N) is 3. The Kier molecular flexibility index (Phi) is 4.60. The molecule has 1 aromatic heterocycles. The maximum Gasteiger partial charge on any atom is 0.326 e. The Morgan fingerprint density at radius 2 is 2.22 bits per heavy atom. The van der Waals surface area contributed by atoms with Crippen molar-refractivity contribution in [2.75, 3.05) is 0 Å². The van der Waals surface area contributed by atoms with Crippen LogP contribution < -0.4 is 16.4 Å². The molecule has 3 amide bonds. The molecule has 0 fully saturated rings. The van der Waals surface area contributed by atoms with Crippen LogP contribution in [0.3, 0.4) is 0 Å². The van der Waals surface area contributed by atoms with Crippen molar-refractivity contribution in [3.8, 4) is 0 Å². The number of hydrogen-bond acceptors (Lipinski definition) is 5. The quantitative estimate of drug-likeness (QED) is 0.392. The van der Waals surface area contributed by atoms with E-state index >= 15 is 0 Å². The van der Waals surface area contributed by atoms with Crippen molar-refractivity contribution in [3.05, 3.63) is 12.2 Å². The van der Waals surface area contributed by atoms with Crippen LogP contribution in [0.2, 0.25) is 0 Å². The molecule has 1 heterocycles. The highest BCUT2D eigenvalue weighted by Crippen LogP contribution is 1.92. The molecule has 1 aromatic rings. The number of aromatic nitrogens is 3. The minimum absolute atomic E-state index is 0.0503. The van der Waals surface area contributed by atoms with E-state index in [1.807, 2.05) is 0 Å². The van der Waals surface area contributed by atoms with E-state index in [1.54, 1.807) is 0 Å². The summed E-state index contributed by atoms with van der Waals surface area (Å²) in [5.41, 5.74) is 4.86. The molecule has 0 bridgehead atoms. The van der Waals surface area contributed by atoms with Gasteiger partial charge in [-0.2, -0.15) is 5.10 Å². The van der Waals surface area contributed by atoms with Gasteiger partial charge in [-0.3, -0.25) is 9.89 Å². The molecule has 0 saturated carbocycles. The summed E-state index contributed by atoms with van der Waals surface area (Å²) in [6.45, 7) is 0.0503. The molecular formula is C8H12N6O4. The van der Waals surface area contributed by atoms with E-state index in [0.717, 1.165) is 0 Å². The van der Waals surface area contributed by atoms with Gasteiger partial charge >= 0.3 is 12.0 Å². The number of nitrogens with two attached hydrogens (primary N) is 1. The Morgan fingerprint density at radius 1 is 1.50 bits per heavy atom. The van der Waals surface area contributed by atoms with Gasteiger partial charge in [0.15, 0.2) is 0 Å². The first-order chi connectivity index (χ1) is 8.49. The van der Waals surface area contributed by atoms with Crippen LogP contribution in [-0.2, 0) is 16.1 Å². The molecular weight excluding hydrogens is 244 g/mol. The lowest BCUT2D eigenvalue weighted by molar-refractivity contribution is -0.140. The number of carboxylic acids is 1. The van der Waals surface area contributed by atoms with Crippen molar-refractivity contribution in [2.24, 2.45) is 5.73 Å². The van der Waals surface area contributed by atoms with Crippen molar-refractivity contribution in [3.63, 3.8) is 0 Å². The first kappa shape index (κ1) is 13.4. The van der Waals surface area contributed by atoms with E-state index in [9.17, 15) is 14.4 Å². The molecule has 18 heavy (non-hydrogen) atoms. The van der Waals surface area contributed by atoms with Gasteiger partial charge in [0.1, 0.15) is 18.2 Å². The van der Waals surface area contributed by atoms with Crippen LogP contribution in [0.15, 0.2) is 6.33 Å². The Morgan fingerprint density at radius 3 is 2.72 bits per heavy atom. The molecule has 0 aromatic carbocycles. The third-order valence-corrected chi connectivity index (χ3v) is 1.89. The van der Waals surface area contributed by atoms with Gasteiger partial charge < -0.3 is 21.5 Å². The number of amides is 3. The Bertz CT molecular complexity index is 431. The third-order valence-electron chi connectivity index (χ3n) is 1.89. The normalized spacial score (nSPS) is 11.6. The minimum Gasteiger partial charge on any atom is -0.480 e. The Balaban J connectivity index is 2.41. The highest BCUT2D eigenvalue weighted by Gasteiger charge is 2.21. The maximum absolute atomic E-state index is 11.3. The molecule has 1 atom stereocenters. The summed E-state index contributed by atoms with van der Waals surface area (Å²) in [7, 11) is 0. The Hall–Kier alpha value is -2.65. The Labute approximate surface area is 101 Å². The molecule has 0 aliphatic carbocycles. The molecule has 1 rings (SSSR count). The van der Waals surface area contributed by atoms with Crippen LogP contribution in [0.4, 0.5) is 4.79 Å². The number of aliphatic carboxylic acids is 1. The first-order valence-electron chi connectivity index (χ1n) is 4.88. The van der Waals surface area contributed by atoms with E-state index in [2.05, 4.69) is 25.8 Å². The van der Waals surface area contributed by atoms with Gasteiger partial charge in [-0.15, -0.1) is 0 Å². The van der Waals surface area contributed by atoms with Crippen LogP contribution in [0.1, 0.15) is 12.2 Å². The lowest BCUT2D eigenvalue weighted by Crippen LogP contribution is -2.47. The standard InChI is InChI=1S/C8H12N6O4/c9-5(15)1-4(7(16)17)13-8(18)10-2-6-11-3-12-14-6/h3-4H,1-2H2,(H2,9,15)(H,16,17)(H2,10,13,18)(H,11,12,14)/t4-/m0/s1. The fourth-order valence-electron chi connectivity index (χ4n) is 1.09. The molecule has 10 nitrogen and oxygen atoms in total.